The predicted molar refractivity (Wildman–Crippen MR) is 77.7 cm³/mol. The van der Waals surface area contributed by atoms with E-state index in [0.717, 1.165) is 22.7 Å². The van der Waals surface area contributed by atoms with Gasteiger partial charge in [0.25, 0.3) is 0 Å². The Kier molecular flexibility index (Phi) is 4.30. The van der Waals surface area contributed by atoms with E-state index in [1.165, 1.54) is 6.92 Å². The van der Waals surface area contributed by atoms with Crippen LogP contribution in [-0.2, 0) is 4.79 Å². The van der Waals surface area contributed by atoms with Gasteiger partial charge in [0.05, 0.1) is 12.3 Å². The van der Waals surface area contributed by atoms with Crippen LogP contribution in [-0.4, -0.2) is 22.5 Å². The molecule has 0 spiro atoms. The number of ether oxygens (including phenoxy) is 1. The number of aryl methyl sites for hydroxylation is 1. The Balaban J connectivity index is 2.31. The minimum absolute atomic E-state index is 0.187. The molecule has 2 rings (SSSR count). The fraction of sp³-hybridized carbons (Fsp3) is 0.267. The number of carbonyl (C=O) groups excluding carboxylic acids is 1. The summed E-state index contributed by atoms with van der Waals surface area (Å²) in [6.45, 7) is 5.88. The van der Waals surface area contributed by atoms with Crippen molar-refractivity contribution in [2.45, 2.75) is 20.8 Å². The highest BCUT2D eigenvalue weighted by Gasteiger charge is 2.06. The fourth-order valence-corrected chi connectivity index (χ4v) is 1.82. The number of hydrogen-bond acceptors (Lipinski definition) is 4. The van der Waals surface area contributed by atoms with Gasteiger partial charge >= 0.3 is 0 Å². The molecule has 2 aromatic rings. The number of carbonyl (C=O) groups is 1. The lowest BCUT2D eigenvalue weighted by Crippen LogP contribution is -2.10. The van der Waals surface area contributed by atoms with Crippen molar-refractivity contribution in [2.75, 3.05) is 11.9 Å². The Morgan fingerprint density at radius 2 is 1.95 bits per heavy atom. The number of nitrogens with zero attached hydrogens (tertiary/aromatic N) is 2. The monoisotopic (exact) mass is 271 g/mol. The molecule has 0 saturated carbocycles. The minimum atomic E-state index is -0.187. The topological polar surface area (TPSA) is 64.1 Å². The molecular formula is C15H17N3O2. The second kappa shape index (κ2) is 6.14. The van der Waals surface area contributed by atoms with Crippen LogP contribution in [0.1, 0.15) is 19.5 Å². The summed E-state index contributed by atoms with van der Waals surface area (Å²) in [7, 11) is 0. The molecule has 0 aliphatic heterocycles. The van der Waals surface area contributed by atoms with Crippen molar-refractivity contribution in [3.05, 3.63) is 36.0 Å². The van der Waals surface area contributed by atoms with Gasteiger partial charge in [-0.2, -0.15) is 0 Å². The smallest absolute Gasteiger partial charge is 0.230 e. The third-order valence-corrected chi connectivity index (χ3v) is 2.60. The van der Waals surface area contributed by atoms with Crippen LogP contribution in [0.15, 0.2) is 30.3 Å². The fourth-order valence-electron chi connectivity index (χ4n) is 1.82. The standard InChI is InChI=1S/C15H17N3O2/c1-4-20-13-7-5-12(6-8-13)14-9-10(2)16-15(18-14)17-11(3)19/h5-9H,4H2,1-3H3,(H,16,17,18,19). The van der Waals surface area contributed by atoms with Crippen molar-refractivity contribution in [1.29, 1.82) is 0 Å². The van der Waals surface area contributed by atoms with Gasteiger partial charge in [-0.3, -0.25) is 10.1 Å². The quantitative estimate of drug-likeness (QED) is 0.928. The molecule has 104 valence electrons. The van der Waals surface area contributed by atoms with Gasteiger partial charge in [-0.1, -0.05) is 0 Å². The van der Waals surface area contributed by atoms with Gasteiger partial charge in [-0.25, -0.2) is 9.97 Å². The molecule has 0 bridgehead atoms. The first kappa shape index (κ1) is 14.0. The third-order valence-electron chi connectivity index (χ3n) is 2.60. The SMILES string of the molecule is CCOc1ccc(-c2cc(C)nc(NC(C)=O)n2)cc1. The second-order valence-corrected chi connectivity index (χ2v) is 4.36. The van der Waals surface area contributed by atoms with Crippen LogP contribution in [0.25, 0.3) is 11.3 Å². The molecule has 20 heavy (non-hydrogen) atoms. The Bertz CT molecular complexity index is 609. The van der Waals surface area contributed by atoms with Crippen LogP contribution in [0.4, 0.5) is 5.95 Å². The Morgan fingerprint density at radius 3 is 2.55 bits per heavy atom. The van der Waals surface area contributed by atoms with Gasteiger partial charge in [0.1, 0.15) is 5.75 Å². The van der Waals surface area contributed by atoms with Crippen molar-refractivity contribution in [3.63, 3.8) is 0 Å². The average molecular weight is 271 g/mol. The zero-order valence-corrected chi connectivity index (χ0v) is 11.8. The number of amides is 1. The van der Waals surface area contributed by atoms with E-state index >= 15 is 0 Å². The lowest BCUT2D eigenvalue weighted by molar-refractivity contribution is -0.114. The van der Waals surface area contributed by atoms with Crippen molar-refractivity contribution in [1.82, 2.24) is 9.97 Å². The number of benzene rings is 1. The van der Waals surface area contributed by atoms with E-state index in [2.05, 4.69) is 15.3 Å². The minimum Gasteiger partial charge on any atom is -0.494 e. The van der Waals surface area contributed by atoms with E-state index in [0.29, 0.717) is 12.6 Å². The van der Waals surface area contributed by atoms with E-state index in [1.807, 2.05) is 44.2 Å². The summed E-state index contributed by atoms with van der Waals surface area (Å²) in [4.78, 5) is 19.6. The molecule has 0 radical (unpaired) electrons. The highest BCUT2D eigenvalue weighted by atomic mass is 16.5. The van der Waals surface area contributed by atoms with E-state index in [1.54, 1.807) is 0 Å². The van der Waals surface area contributed by atoms with E-state index in [-0.39, 0.29) is 5.91 Å². The molecule has 0 aliphatic carbocycles. The molecule has 0 saturated heterocycles. The Morgan fingerprint density at radius 1 is 1.25 bits per heavy atom. The number of anilines is 1. The summed E-state index contributed by atoms with van der Waals surface area (Å²) in [6, 6.07) is 9.54. The van der Waals surface area contributed by atoms with Gasteiger partial charge in [0.15, 0.2) is 0 Å². The zero-order chi connectivity index (χ0) is 14.5. The molecule has 1 amide bonds. The third kappa shape index (κ3) is 3.54. The maximum Gasteiger partial charge on any atom is 0.230 e. The first-order chi connectivity index (χ1) is 9.58. The van der Waals surface area contributed by atoms with Crippen molar-refractivity contribution < 1.29 is 9.53 Å². The van der Waals surface area contributed by atoms with Gasteiger partial charge in [0, 0.05) is 18.2 Å². The van der Waals surface area contributed by atoms with Gasteiger partial charge < -0.3 is 4.74 Å². The molecule has 1 N–H and O–H groups in total. The van der Waals surface area contributed by atoms with Gasteiger partial charge in [-0.15, -0.1) is 0 Å². The number of aromatic nitrogens is 2. The van der Waals surface area contributed by atoms with Gasteiger partial charge in [0.2, 0.25) is 11.9 Å². The van der Waals surface area contributed by atoms with Crippen molar-refractivity contribution >= 4 is 11.9 Å². The molecule has 1 heterocycles. The Labute approximate surface area is 118 Å². The second-order valence-electron chi connectivity index (χ2n) is 4.36. The van der Waals surface area contributed by atoms with Crippen LogP contribution in [0, 0.1) is 6.92 Å². The van der Waals surface area contributed by atoms with Crippen LogP contribution < -0.4 is 10.1 Å². The molecule has 1 aromatic heterocycles. The maximum atomic E-state index is 11.1. The van der Waals surface area contributed by atoms with E-state index < -0.39 is 0 Å². The van der Waals surface area contributed by atoms with E-state index in [9.17, 15) is 4.79 Å². The molecule has 5 heteroatoms. The predicted octanol–water partition coefficient (Wildman–Crippen LogP) is 2.81. The van der Waals surface area contributed by atoms with E-state index in [4.69, 9.17) is 4.74 Å². The first-order valence-electron chi connectivity index (χ1n) is 6.45. The van der Waals surface area contributed by atoms with Crippen LogP contribution in [0.5, 0.6) is 5.75 Å². The van der Waals surface area contributed by atoms with Crippen LogP contribution >= 0.6 is 0 Å². The summed E-state index contributed by atoms with van der Waals surface area (Å²) < 4.78 is 5.41. The number of hydrogen-bond donors (Lipinski definition) is 1. The maximum absolute atomic E-state index is 11.1. The van der Waals surface area contributed by atoms with Crippen LogP contribution in [0.3, 0.4) is 0 Å². The average Bonchev–Trinajstić information content (AvgIpc) is 2.38. The lowest BCUT2D eigenvalue weighted by Gasteiger charge is -2.07. The molecule has 5 nitrogen and oxygen atoms in total. The summed E-state index contributed by atoms with van der Waals surface area (Å²) in [5, 5.41) is 2.60. The lowest BCUT2D eigenvalue weighted by atomic mass is 10.1. The number of rotatable bonds is 4. The highest BCUT2D eigenvalue weighted by Crippen LogP contribution is 2.22. The summed E-state index contributed by atoms with van der Waals surface area (Å²) in [6.07, 6.45) is 0. The molecule has 0 fully saturated rings. The van der Waals surface area contributed by atoms with Crippen LogP contribution in [0.2, 0.25) is 0 Å². The van der Waals surface area contributed by atoms with Gasteiger partial charge in [-0.05, 0) is 44.2 Å². The molecule has 0 atom stereocenters. The van der Waals surface area contributed by atoms with Crippen molar-refractivity contribution in [3.8, 4) is 17.0 Å². The zero-order valence-electron chi connectivity index (χ0n) is 11.8. The molecule has 1 aromatic carbocycles. The van der Waals surface area contributed by atoms with Crippen molar-refractivity contribution in [2.24, 2.45) is 0 Å². The summed E-state index contributed by atoms with van der Waals surface area (Å²) >= 11 is 0. The Hall–Kier alpha value is -2.43. The molecule has 0 aliphatic rings. The summed E-state index contributed by atoms with van der Waals surface area (Å²) in [5.74, 6) is 0.957. The number of nitrogens with one attached hydrogen (secondary N) is 1. The highest BCUT2D eigenvalue weighted by molar-refractivity contribution is 5.86. The molecule has 0 unspecified atom stereocenters. The molecular weight excluding hydrogens is 254 g/mol. The normalized spacial score (nSPS) is 10.2. The largest absolute Gasteiger partial charge is 0.494 e. The first-order valence-corrected chi connectivity index (χ1v) is 6.45. The summed E-state index contributed by atoms with van der Waals surface area (Å²) in [5.41, 5.74) is 2.52.